The highest BCUT2D eigenvalue weighted by Gasteiger charge is 2.15. The van der Waals surface area contributed by atoms with Crippen LogP contribution in [0.5, 0.6) is 11.5 Å². The second kappa shape index (κ2) is 9.23. The number of amides is 1. The van der Waals surface area contributed by atoms with Gasteiger partial charge in [-0.25, -0.2) is 9.78 Å². The van der Waals surface area contributed by atoms with E-state index in [4.69, 9.17) is 14.2 Å². The number of thiazole rings is 1. The van der Waals surface area contributed by atoms with E-state index < -0.39 is 18.5 Å². The van der Waals surface area contributed by atoms with Crippen LogP contribution in [-0.4, -0.2) is 42.3 Å². The second-order valence-corrected chi connectivity index (χ2v) is 6.95. The van der Waals surface area contributed by atoms with Crippen LogP contribution in [0.3, 0.4) is 0 Å². The zero-order chi connectivity index (χ0) is 21.7. The van der Waals surface area contributed by atoms with Crippen LogP contribution in [-0.2, 0) is 16.6 Å². The smallest absolute Gasteiger partial charge is 0.338 e. The summed E-state index contributed by atoms with van der Waals surface area (Å²) >= 11 is 1.22. The number of anilines is 1. The van der Waals surface area contributed by atoms with Gasteiger partial charge in [-0.15, -0.1) is 11.3 Å². The van der Waals surface area contributed by atoms with E-state index in [2.05, 4.69) is 10.3 Å². The molecule has 0 aliphatic rings. The molecular weight excluding hydrogens is 410 g/mol. The Morgan fingerprint density at radius 1 is 1.17 bits per heavy atom. The number of nitrogens with one attached hydrogen (secondary N) is 1. The monoisotopic (exact) mass is 429 g/mol. The molecule has 0 radical (unpaired) electrons. The van der Waals surface area contributed by atoms with Gasteiger partial charge in [0, 0.05) is 30.3 Å². The molecule has 1 N–H and O–H groups in total. The van der Waals surface area contributed by atoms with Gasteiger partial charge in [-0.2, -0.15) is 0 Å². The normalized spacial score (nSPS) is 10.4. The molecule has 2 heterocycles. The topological polar surface area (TPSA) is 109 Å². The van der Waals surface area contributed by atoms with Crippen molar-refractivity contribution in [1.82, 2.24) is 9.55 Å². The Kier molecular flexibility index (Phi) is 6.48. The predicted molar refractivity (Wildman–Crippen MR) is 111 cm³/mol. The number of carbonyl (C=O) groups excluding carboxylic acids is 2. The highest BCUT2D eigenvalue weighted by Crippen LogP contribution is 2.34. The first-order valence-corrected chi connectivity index (χ1v) is 9.61. The number of nitrogens with zero attached hydrogens (tertiary/aromatic N) is 2. The lowest BCUT2D eigenvalue weighted by Gasteiger charge is -2.08. The SMILES string of the molecule is COc1ccc(OC)c(-c2csc(NC(=O)COC(=O)c3ccn(C)c(=O)c3)n2)c1. The predicted octanol–water partition coefficient (Wildman–Crippen LogP) is 2.32. The molecule has 3 aromatic rings. The Labute approximate surface area is 175 Å². The molecule has 0 spiro atoms. The van der Waals surface area contributed by atoms with Crippen LogP contribution >= 0.6 is 11.3 Å². The molecule has 0 saturated heterocycles. The zero-order valence-corrected chi connectivity index (χ0v) is 17.3. The van der Waals surface area contributed by atoms with E-state index in [1.165, 1.54) is 28.2 Å². The van der Waals surface area contributed by atoms with Crippen molar-refractivity contribution in [2.75, 3.05) is 26.1 Å². The largest absolute Gasteiger partial charge is 0.497 e. The lowest BCUT2D eigenvalue weighted by molar-refractivity contribution is -0.119. The molecule has 0 atom stereocenters. The van der Waals surface area contributed by atoms with Gasteiger partial charge in [0.1, 0.15) is 11.5 Å². The summed E-state index contributed by atoms with van der Waals surface area (Å²) < 4.78 is 16.9. The van der Waals surface area contributed by atoms with E-state index >= 15 is 0 Å². The summed E-state index contributed by atoms with van der Waals surface area (Å²) in [6, 6.07) is 7.91. The van der Waals surface area contributed by atoms with E-state index in [-0.39, 0.29) is 11.1 Å². The molecule has 0 bridgehead atoms. The van der Waals surface area contributed by atoms with Crippen molar-refractivity contribution in [3.05, 3.63) is 57.8 Å². The first kappa shape index (κ1) is 21.1. The fraction of sp³-hybridized carbons (Fsp3) is 0.200. The van der Waals surface area contributed by atoms with Gasteiger partial charge in [0.05, 0.1) is 25.5 Å². The summed E-state index contributed by atoms with van der Waals surface area (Å²) in [5, 5.41) is 4.68. The molecule has 0 saturated carbocycles. The minimum absolute atomic E-state index is 0.0764. The molecule has 1 aromatic carbocycles. The highest BCUT2D eigenvalue weighted by atomic mass is 32.1. The standard InChI is InChI=1S/C20H19N3O6S/c1-23-7-6-12(8-18(23)25)19(26)29-10-17(24)22-20-21-15(11-30-20)14-9-13(27-2)4-5-16(14)28-3/h4-9,11H,10H2,1-3H3,(H,21,22,24). The van der Waals surface area contributed by atoms with Crippen LogP contribution in [0.15, 0.2) is 46.7 Å². The molecule has 10 heteroatoms. The third-order valence-corrected chi connectivity index (χ3v) is 4.87. The Morgan fingerprint density at radius 2 is 1.97 bits per heavy atom. The molecule has 156 valence electrons. The maximum absolute atomic E-state index is 12.1. The third-order valence-electron chi connectivity index (χ3n) is 4.11. The van der Waals surface area contributed by atoms with Crippen LogP contribution in [0.25, 0.3) is 11.3 Å². The number of hydrogen-bond acceptors (Lipinski definition) is 8. The Balaban J connectivity index is 1.63. The molecule has 0 aliphatic carbocycles. The van der Waals surface area contributed by atoms with Gasteiger partial charge in [0.2, 0.25) is 0 Å². The Bertz CT molecular complexity index is 1140. The number of carbonyl (C=O) groups is 2. The third kappa shape index (κ3) is 4.84. The maximum atomic E-state index is 12.1. The Hall–Kier alpha value is -3.66. The molecule has 0 unspecified atom stereocenters. The van der Waals surface area contributed by atoms with Crippen LogP contribution in [0.1, 0.15) is 10.4 Å². The van der Waals surface area contributed by atoms with E-state index in [0.717, 1.165) is 6.07 Å². The number of methoxy groups -OCH3 is 2. The molecule has 2 aromatic heterocycles. The van der Waals surface area contributed by atoms with Crippen molar-refractivity contribution in [2.45, 2.75) is 0 Å². The molecular formula is C20H19N3O6S. The van der Waals surface area contributed by atoms with E-state index in [0.29, 0.717) is 27.9 Å². The number of aryl methyl sites for hydroxylation is 1. The Morgan fingerprint density at radius 3 is 2.67 bits per heavy atom. The van der Waals surface area contributed by atoms with Gasteiger partial charge in [-0.05, 0) is 24.3 Å². The molecule has 30 heavy (non-hydrogen) atoms. The number of esters is 1. The van der Waals surface area contributed by atoms with Gasteiger partial charge < -0.3 is 18.8 Å². The second-order valence-electron chi connectivity index (χ2n) is 6.09. The zero-order valence-electron chi connectivity index (χ0n) is 16.5. The van der Waals surface area contributed by atoms with Gasteiger partial charge in [-0.3, -0.25) is 14.9 Å². The summed E-state index contributed by atoms with van der Waals surface area (Å²) in [6.07, 6.45) is 1.45. The van der Waals surface area contributed by atoms with Gasteiger partial charge in [0.15, 0.2) is 11.7 Å². The minimum Gasteiger partial charge on any atom is -0.497 e. The van der Waals surface area contributed by atoms with Crippen molar-refractivity contribution < 1.29 is 23.8 Å². The molecule has 1 amide bonds. The number of rotatable bonds is 7. The van der Waals surface area contributed by atoms with E-state index in [1.54, 1.807) is 44.8 Å². The van der Waals surface area contributed by atoms with Crippen LogP contribution in [0.2, 0.25) is 0 Å². The van der Waals surface area contributed by atoms with Gasteiger partial charge >= 0.3 is 5.97 Å². The number of benzene rings is 1. The fourth-order valence-corrected chi connectivity index (χ4v) is 3.24. The van der Waals surface area contributed by atoms with Crippen LogP contribution < -0.4 is 20.3 Å². The average Bonchev–Trinajstić information content (AvgIpc) is 3.21. The summed E-state index contributed by atoms with van der Waals surface area (Å²) in [5.74, 6) is -0.0524. The number of hydrogen-bond donors (Lipinski definition) is 1. The van der Waals surface area contributed by atoms with Crippen molar-refractivity contribution in [3.8, 4) is 22.8 Å². The first-order chi connectivity index (χ1) is 14.4. The number of aromatic nitrogens is 2. The van der Waals surface area contributed by atoms with Crippen molar-refractivity contribution >= 4 is 28.3 Å². The van der Waals surface area contributed by atoms with Crippen LogP contribution in [0.4, 0.5) is 5.13 Å². The van der Waals surface area contributed by atoms with Crippen molar-refractivity contribution in [2.24, 2.45) is 7.05 Å². The van der Waals surface area contributed by atoms with Crippen molar-refractivity contribution in [3.63, 3.8) is 0 Å². The number of pyridine rings is 1. The minimum atomic E-state index is -0.760. The molecule has 0 aliphatic heterocycles. The highest BCUT2D eigenvalue weighted by molar-refractivity contribution is 7.14. The van der Waals surface area contributed by atoms with E-state index in [1.807, 2.05) is 0 Å². The van der Waals surface area contributed by atoms with E-state index in [9.17, 15) is 14.4 Å². The average molecular weight is 429 g/mol. The molecule has 9 nitrogen and oxygen atoms in total. The summed E-state index contributed by atoms with van der Waals surface area (Å²) in [4.78, 5) is 40.1. The number of ether oxygens (including phenoxy) is 3. The van der Waals surface area contributed by atoms with Gasteiger partial charge in [0.25, 0.3) is 11.5 Å². The fourth-order valence-electron chi connectivity index (χ4n) is 2.51. The van der Waals surface area contributed by atoms with Crippen LogP contribution in [0, 0.1) is 0 Å². The maximum Gasteiger partial charge on any atom is 0.338 e. The quantitative estimate of drug-likeness (QED) is 0.574. The molecule has 0 fully saturated rings. The van der Waals surface area contributed by atoms with Gasteiger partial charge in [-0.1, -0.05) is 0 Å². The molecule has 3 rings (SSSR count). The van der Waals surface area contributed by atoms with Crippen molar-refractivity contribution in [1.29, 1.82) is 0 Å². The lowest BCUT2D eigenvalue weighted by atomic mass is 10.1. The summed E-state index contributed by atoms with van der Waals surface area (Å²) in [5.41, 5.74) is 1.04. The summed E-state index contributed by atoms with van der Waals surface area (Å²) in [7, 11) is 4.68. The lowest BCUT2D eigenvalue weighted by Crippen LogP contribution is -2.22. The first-order valence-electron chi connectivity index (χ1n) is 8.73. The summed E-state index contributed by atoms with van der Waals surface area (Å²) in [6.45, 7) is -0.508.